The van der Waals surface area contributed by atoms with Crippen LogP contribution >= 0.6 is 0 Å². The number of likely N-dealkylation sites (N-methyl/N-ethyl adjacent to an activating group) is 1. The number of hydrogen-bond donors (Lipinski definition) is 1. The topological polar surface area (TPSA) is 49.8 Å². The molecule has 0 aliphatic carbocycles. The molecule has 0 aromatic heterocycles. The van der Waals surface area contributed by atoms with Gasteiger partial charge in [-0.25, -0.2) is 0 Å². The van der Waals surface area contributed by atoms with Crippen LogP contribution in [0.25, 0.3) is 0 Å². The molecule has 0 aromatic rings. The van der Waals surface area contributed by atoms with Gasteiger partial charge in [0.1, 0.15) is 0 Å². The average molecular weight is 161 g/mol. The third-order valence-electron chi connectivity index (χ3n) is 1.44. The Morgan fingerprint density at radius 1 is 1.64 bits per heavy atom. The Balaban J connectivity index is 3.58. The van der Waals surface area contributed by atoms with Gasteiger partial charge in [-0.2, -0.15) is 0 Å². The maximum Gasteiger partial charge on any atom is 0.319 e. The normalized spacial score (nSPS) is 10.2. The summed E-state index contributed by atoms with van der Waals surface area (Å²) in [5.74, 6) is -0.264. The van der Waals surface area contributed by atoms with Gasteiger partial charge in [0.15, 0.2) is 0 Å². The van der Waals surface area contributed by atoms with Gasteiger partial charge in [0, 0.05) is 6.54 Å². The van der Waals surface area contributed by atoms with Crippen LogP contribution in [0.2, 0.25) is 0 Å². The highest BCUT2D eigenvalue weighted by molar-refractivity contribution is 5.71. The summed E-state index contributed by atoms with van der Waals surface area (Å²) in [5.41, 5.74) is 0. The molecule has 0 aromatic carbocycles. The van der Waals surface area contributed by atoms with Gasteiger partial charge in [0.05, 0.1) is 20.3 Å². The van der Waals surface area contributed by atoms with Crippen molar-refractivity contribution in [1.82, 2.24) is 4.90 Å². The molecule has 0 heterocycles. The molecule has 4 nitrogen and oxygen atoms in total. The first-order chi connectivity index (χ1) is 5.24. The molecular weight excluding hydrogens is 146 g/mol. The number of aliphatic hydroxyl groups is 1. The van der Waals surface area contributed by atoms with E-state index >= 15 is 0 Å². The van der Waals surface area contributed by atoms with Crippen molar-refractivity contribution in [2.24, 2.45) is 0 Å². The summed E-state index contributed by atoms with van der Waals surface area (Å²) < 4.78 is 4.47. The molecule has 0 radical (unpaired) electrons. The van der Waals surface area contributed by atoms with Crippen LogP contribution in [-0.2, 0) is 9.53 Å². The molecule has 0 saturated heterocycles. The molecule has 66 valence electrons. The van der Waals surface area contributed by atoms with Crippen molar-refractivity contribution in [3.63, 3.8) is 0 Å². The summed E-state index contributed by atoms with van der Waals surface area (Å²) in [7, 11) is 1.36. The monoisotopic (exact) mass is 161 g/mol. The van der Waals surface area contributed by atoms with Crippen molar-refractivity contribution >= 4 is 5.97 Å². The van der Waals surface area contributed by atoms with Crippen molar-refractivity contribution in [1.29, 1.82) is 0 Å². The Labute approximate surface area is 66.8 Å². The molecule has 4 heteroatoms. The highest BCUT2D eigenvalue weighted by Crippen LogP contribution is 1.87. The number of hydrogen-bond acceptors (Lipinski definition) is 4. The predicted molar refractivity (Wildman–Crippen MR) is 41.2 cm³/mol. The number of nitrogens with zero attached hydrogens (tertiary/aromatic N) is 1. The summed E-state index contributed by atoms with van der Waals surface area (Å²) in [6.07, 6.45) is 0. The SMILES string of the molecule is CCN(CCO)CC(=O)OC. The van der Waals surface area contributed by atoms with Gasteiger partial charge in [0.25, 0.3) is 0 Å². The minimum Gasteiger partial charge on any atom is -0.468 e. The molecule has 1 N–H and O–H groups in total. The van der Waals surface area contributed by atoms with Crippen LogP contribution in [0.4, 0.5) is 0 Å². The Morgan fingerprint density at radius 3 is 2.64 bits per heavy atom. The zero-order valence-electron chi connectivity index (χ0n) is 7.04. The minimum atomic E-state index is -0.264. The van der Waals surface area contributed by atoms with Crippen molar-refractivity contribution in [3.8, 4) is 0 Å². The van der Waals surface area contributed by atoms with Crippen LogP contribution in [-0.4, -0.2) is 49.3 Å². The Hall–Kier alpha value is -0.610. The maximum absolute atomic E-state index is 10.7. The summed E-state index contributed by atoms with van der Waals surface area (Å²) >= 11 is 0. The quantitative estimate of drug-likeness (QED) is 0.551. The summed E-state index contributed by atoms with van der Waals surface area (Å²) in [6, 6.07) is 0. The van der Waals surface area contributed by atoms with Crippen molar-refractivity contribution in [2.45, 2.75) is 6.92 Å². The van der Waals surface area contributed by atoms with E-state index in [1.807, 2.05) is 11.8 Å². The van der Waals surface area contributed by atoms with E-state index in [0.717, 1.165) is 6.54 Å². The zero-order chi connectivity index (χ0) is 8.69. The molecule has 0 spiro atoms. The molecule has 0 aliphatic heterocycles. The van der Waals surface area contributed by atoms with Crippen LogP contribution in [0.1, 0.15) is 6.92 Å². The van der Waals surface area contributed by atoms with Gasteiger partial charge in [-0.15, -0.1) is 0 Å². The van der Waals surface area contributed by atoms with Gasteiger partial charge in [-0.3, -0.25) is 9.69 Å². The molecule has 0 aliphatic rings. The van der Waals surface area contributed by atoms with E-state index in [4.69, 9.17) is 5.11 Å². The van der Waals surface area contributed by atoms with Gasteiger partial charge < -0.3 is 9.84 Å². The zero-order valence-corrected chi connectivity index (χ0v) is 7.04. The Bertz CT molecular complexity index is 116. The summed E-state index contributed by atoms with van der Waals surface area (Å²) in [4.78, 5) is 12.5. The molecule has 0 fully saturated rings. The summed E-state index contributed by atoms with van der Waals surface area (Å²) in [5, 5.41) is 8.56. The van der Waals surface area contributed by atoms with E-state index in [9.17, 15) is 4.79 Å². The first kappa shape index (κ1) is 10.4. The molecule has 11 heavy (non-hydrogen) atoms. The van der Waals surface area contributed by atoms with Crippen LogP contribution in [0, 0.1) is 0 Å². The van der Waals surface area contributed by atoms with E-state index in [1.165, 1.54) is 7.11 Å². The van der Waals surface area contributed by atoms with Crippen LogP contribution < -0.4 is 0 Å². The third-order valence-corrected chi connectivity index (χ3v) is 1.44. The van der Waals surface area contributed by atoms with Crippen molar-refractivity contribution < 1.29 is 14.6 Å². The number of aliphatic hydroxyl groups excluding tert-OH is 1. The van der Waals surface area contributed by atoms with Crippen LogP contribution in [0.5, 0.6) is 0 Å². The first-order valence-corrected chi connectivity index (χ1v) is 3.64. The van der Waals surface area contributed by atoms with E-state index in [1.54, 1.807) is 0 Å². The second-order valence-corrected chi connectivity index (χ2v) is 2.17. The molecule has 0 atom stereocenters. The standard InChI is InChI=1S/C7H15NO3/c1-3-8(4-5-9)6-7(10)11-2/h9H,3-6H2,1-2H3. The molecule has 0 rings (SSSR count). The van der Waals surface area contributed by atoms with E-state index in [0.29, 0.717) is 6.54 Å². The third kappa shape index (κ3) is 4.75. The van der Waals surface area contributed by atoms with Crippen molar-refractivity contribution in [2.75, 3.05) is 33.4 Å². The first-order valence-electron chi connectivity index (χ1n) is 3.64. The molecule has 0 bridgehead atoms. The number of esters is 1. The van der Waals surface area contributed by atoms with Crippen LogP contribution in [0.3, 0.4) is 0 Å². The number of carbonyl (C=O) groups excluding carboxylic acids is 1. The lowest BCUT2D eigenvalue weighted by Crippen LogP contribution is -2.32. The average Bonchev–Trinajstić information content (AvgIpc) is 2.03. The van der Waals surface area contributed by atoms with E-state index in [-0.39, 0.29) is 19.1 Å². The largest absolute Gasteiger partial charge is 0.468 e. The lowest BCUT2D eigenvalue weighted by atomic mass is 10.4. The second-order valence-electron chi connectivity index (χ2n) is 2.17. The van der Waals surface area contributed by atoms with Crippen LogP contribution in [0.15, 0.2) is 0 Å². The fourth-order valence-corrected chi connectivity index (χ4v) is 0.738. The fraction of sp³-hybridized carbons (Fsp3) is 0.857. The van der Waals surface area contributed by atoms with Gasteiger partial charge in [-0.1, -0.05) is 6.92 Å². The molecule has 0 unspecified atom stereocenters. The molecule has 0 amide bonds. The fourth-order valence-electron chi connectivity index (χ4n) is 0.738. The maximum atomic E-state index is 10.7. The summed E-state index contributed by atoms with van der Waals surface area (Å²) in [6.45, 7) is 3.53. The number of methoxy groups -OCH3 is 1. The predicted octanol–water partition coefficient (Wildman–Crippen LogP) is -0.526. The molecular formula is C7H15NO3. The Kier molecular flexibility index (Phi) is 5.78. The Morgan fingerprint density at radius 2 is 2.27 bits per heavy atom. The molecule has 0 saturated carbocycles. The van der Waals surface area contributed by atoms with Gasteiger partial charge in [-0.05, 0) is 6.54 Å². The lowest BCUT2D eigenvalue weighted by molar-refractivity contribution is -0.141. The minimum absolute atomic E-state index is 0.0742. The number of rotatable bonds is 5. The highest BCUT2D eigenvalue weighted by Gasteiger charge is 2.06. The van der Waals surface area contributed by atoms with E-state index in [2.05, 4.69) is 4.74 Å². The van der Waals surface area contributed by atoms with E-state index < -0.39 is 0 Å². The van der Waals surface area contributed by atoms with Gasteiger partial charge >= 0.3 is 5.97 Å². The smallest absolute Gasteiger partial charge is 0.319 e. The van der Waals surface area contributed by atoms with Crippen molar-refractivity contribution in [3.05, 3.63) is 0 Å². The number of carbonyl (C=O) groups is 1. The number of ether oxygens (including phenoxy) is 1. The second kappa shape index (κ2) is 6.12. The highest BCUT2D eigenvalue weighted by atomic mass is 16.5. The van der Waals surface area contributed by atoms with Gasteiger partial charge in [0.2, 0.25) is 0 Å². The lowest BCUT2D eigenvalue weighted by Gasteiger charge is -2.16.